The summed E-state index contributed by atoms with van der Waals surface area (Å²) in [7, 11) is 0. The van der Waals surface area contributed by atoms with Gasteiger partial charge in [0.1, 0.15) is 0 Å². The SMILES string of the molecule is C1CSC(c2noc(C3NCC4CCCC43)n2)C1. The number of hydrogen-bond donors (Lipinski definition) is 1. The second-order valence-corrected chi connectivity index (χ2v) is 7.04. The van der Waals surface area contributed by atoms with Crippen molar-refractivity contribution in [3.63, 3.8) is 0 Å². The first-order valence-electron chi connectivity index (χ1n) is 7.10. The first-order chi connectivity index (χ1) is 8.92. The molecule has 1 aromatic heterocycles. The monoisotopic (exact) mass is 265 g/mol. The van der Waals surface area contributed by atoms with Gasteiger partial charge in [0, 0.05) is 0 Å². The highest BCUT2D eigenvalue weighted by molar-refractivity contribution is 7.99. The smallest absolute Gasteiger partial charge is 0.244 e. The maximum atomic E-state index is 5.53. The molecular weight excluding hydrogens is 246 g/mol. The molecule has 18 heavy (non-hydrogen) atoms. The van der Waals surface area contributed by atoms with Crippen molar-refractivity contribution in [1.29, 1.82) is 0 Å². The summed E-state index contributed by atoms with van der Waals surface area (Å²) in [4.78, 5) is 4.67. The zero-order valence-corrected chi connectivity index (χ0v) is 11.3. The molecule has 0 bridgehead atoms. The highest BCUT2D eigenvalue weighted by atomic mass is 32.2. The van der Waals surface area contributed by atoms with Crippen LogP contribution in [0, 0.1) is 11.8 Å². The molecule has 4 atom stereocenters. The third-order valence-corrected chi connectivity index (χ3v) is 6.06. The zero-order chi connectivity index (χ0) is 11.9. The summed E-state index contributed by atoms with van der Waals surface area (Å²) < 4.78 is 5.53. The molecule has 3 aliphatic rings. The second-order valence-electron chi connectivity index (χ2n) is 5.73. The number of nitrogens with one attached hydrogen (secondary N) is 1. The van der Waals surface area contributed by atoms with Crippen LogP contribution in [0.15, 0.2) is 4.52 Å². The van der Waals surface area contributed by atoms with Crippen molar-refractivity contribution in [3.05, 3.63) is 11.7 Å². The number of hydrogen-bond acceptors (Lipinski definition) is 5. The predicted molar refractivity (Wildman–Crippen MR) is 70.3 cm³/mol. The lowest BCUT2D eigenvalue weighted by Crippen LogP contribution is -2.18. The number of fused-ring (bicyclic) bond motifs is 1. The van der Waals surface area contributed by atoms with E-state index in [-0.39, 0.29) is 0 Å². The van der Waals surface area contributed by atoms with Gasteiger partial charge in [0.25, 0.3) is 0 Å². The van der Waals surface area contributed by atoms with Crippen LogP contribution < -0.4 is 5.32 Å². The van der Waals surface area contributed by atoms with E-state index >= 15 is 0 Å². The fourth-order valence-corrected chi connectivity index (χ4v) is 4.94. The van der Waals surface area contributed by atoms with E-state index < -0.39 is 0 Å². The lowest BCUT2D eigenvalue weighted by molar-refractivity contribution is 0.300. The molecule has 1 aliphatic carbocycles. The minimum Gasteiger partial charge on any atom is -0.338 e. The maximum Gasteiger partial charge on any atom is 0.244 e. The molecule has 1 N–H and O–H groups in total. The molecular formula is C13H19N3OS. The Labute approximate surface area is 111 Å². The number of rotatable bonds is 2. The Morgan fingerprint density at radius 2 is 2.22 bits per heavy atom. The Morgan fingerprint density at radius 1 is 1.22 bits per heavy atom. The van der Waals surface area contributed by atoms with E-state index in [0.717, 1.165) is 30.1 Å². The molecule has 4 nitrogen and oxygen atoms in total. The van der Waals surface area contributed by atoms with Crippen LogP contribution in [0.5, 0.6) is 0 Å². The molecule has 5 heteroatoms. The first kappa shape index (κ1) is 11.3. The number of thioether (sulfide) groups is 1. The maximum absolute atomic E-state index is 5.53. The van der Waals surface area contributed by atoms with Gasteiger partial charge in [-0.05, 0) is 49.8 Å². The second kappa shape index (κ2) is 4.53. The van der Waals surface area contributed by atoms with E-state index in [1.165, 1.54) is 37.9 Å². The molecule has 2 aliphatic heterocycles. The van der Waals surface area contributed by atoms with E-state index in [2.05, 4.69) is 15.5 Å². The van der Waals surface area contributed by atoms with Crippen molar-refractivity contribution in [1.82, 2.24) is 15.5 Å². The van der Waals surface area contributed by atoms with Gasteiger partial charge in [-0.15, -0.1) is 0 Å². The fourth-order valence-electron chi connectivity index (χ4n) is 3.74. The standard InChI is InChI=1S/C13H19N3OS/c1-3-8-7-14-11(9(8)4-1)13-15-12(16-17-13)10-5-2-6-18-10/h8-11,14H,1-7H2. The van der Waals surface area contributed by atoms with Gasteiger partial charge in [-0.1, -0.05) is 11.6 Å². The van der Waals surface area contributed by atoms with Crippen LogP contribution in [0.1, 0.15) is 55.1 Å². The Balaban J connectivity index is 1.54. The Bertz CT molecular complexity index is 430. The average molecular weight is 265 g/mol. The minimum absolute atomic E-state index is 0.324. The minimum atomic E-state index is 0.324. The molecule has 0 aromatic carbocycles. The van der Waals surface area contributed by atoms with Crippen LogP contribution in [0.25, 0.3) is 0 Å². The number of aromatic nitrogens is 2. The van der Waals surface area contributed by atoms with Gasteiger partial charge in [-0.25, -0.2) is 0 Å². The quantitative estimate of drug-likeness (QED) is 0.891. The van der Waals surface area contributed by atoms with Crippen LogP contribution >= 0.6 is 11.8 Å². The normalized spacial score (nSPS) is 39.3. The van der Waals surface area contributed by atoms with Crippen molar-refractivity contribution in [2.45, 2.75) is 43.4 Å². The molecule has 0 radical (unpaired) electrons. The lowest BCUT2D eigenvalue weighted by atomic mass is 9.94. The van der Waals surface area contributed by atoms with Crippen molar-refractivity contribution in [3.8, 4) is 0 Å². The summed E-state index contributed by atoms with van der Waals surface area (Å²) in [5.74, 6) is 4.57. The van der Waals surface area contributed by atoms with Crippen LogP contribution in [0.3, 0.4) is 0 Å². The predicted octanol–water partition coefficient (Wildman–Crippen LogP) is 2.70. The summed E-state index contributed by atoms with van der Waals surface area (Å²) in [6.45, 7) is 1.13. The molecule has 1 saturated carbocycles. The molecule has 0 spiro atoms. The van der Waals surface area contributed by atoms with Gasteiger partial charge in [0.05, 0.1) is 11.3 Å². The van der Waals surface area contributed by atoms with E-state index in [1.54, 1.807) is 0 Å². The zero-order valence-electron chi connectivity index (χ0n) is 10.5. The molecule has 4 rings (SSSR count). The van der Waals surface area contributed by atoms with E-state index in [0.29, 0.717) is 11.3 Å². The molecule has 98 valence electrons. The van der Waals surface area contributed by atoms with Crippen LogP contribution in [0.4, 0.5) is 0 Å². The molecule has 3 heterocycles. The van der Waals surface area contributed by atoms with Crippen LogP contribution in [-0.4, -0.2) is 22.4 Å². The van der Waals surface area contributed by atoms with E-state index in [1.807, 2.05) is 11.8 Å². The molecule has 3 fully saturated rings. The van der Waals surface area contributed by atoms with Gasteiger partial charge in [-0.2, -0.15) is 16.7 Å². The summed E-state index contributed by atoms with van der Waals surface area (Å²) in [6.07, 6.45) is 6.54. The third kappa shape index (κ3) is 1.79. The van der Waals surface area contributed by atoms with Crippen LogP contribution in [-0.2, 0) is 0 Å². The van der Waals surface area contributed by atoms with Crippen molar-refractivity contribution < 1.29 is 4.52 Å². The van der Waals surface area contributed by atoms with Gasteiger partial charge in [-0.3, -0.25) is 0 Å². The van der Waals surface area contributed by atoms with Gasteiger partial charge >= 0.3 is 0 Å². The summed E-state index contributed by atoms with van der Waals surface area (Å²) >= 11 is 1.97. The Kier molecular flexibility index (Phi) is 2.84. The molecule has 2 saturated heterocycles. The Morgan fingerprint density at radius 3 is 3.11 bits per heavy atom. The lowest BCUT2D eigenvalue weighted by Gasteiger charge is -2.13. The van der Waals surface area contributed by atoms with Crippen molar-refractivity contribution in [2.75, 3.05) is 12.3 Å². The summed E-state index contributed by atoms with van der Waals surface area (Å²) in [6, 6.07) is 0.324. The molecule has 1 aromatic rings. The largest absolute Gasteiger partial charge is 0.338 e. The van der Waals surface area contributed by atoms with Gasteiger partial charge in [0.2, 0.25) is 5.89 Å². The summed E-state index contributed by atoms with van der Waals surface area (Å²) in [5.41, 5.74) is 0. The highest BCUT2D eigenvalue weighted by Crippen LogP contribution is 2.44. The van der Waals surface area contributed by atoms with Gasteiger partial charge < -0.3 is 9.84 Å². The van der Waals surface area contributed by atoms with Crippen molar-refractivity contribution in [2.24, 2.45) is 11.8 Å². The topological polar surface area (TPSA) is 51.0 Å². The van der Waals surface area contributed by atoms with Gasteiger partial charge in [0.15, 0.2) is 5.82 Å². The van der Waals surface area contributed by atoms with E-state index in [9.17, 15) is 0 Å². The van der Waals surface area contributed by atoms with Crippen molar-refractivity contribution >= 4 is 11.8 Å². The van der Waals surface area contributed by atoms with Crippen LogP contribution in [0.2, 0.25) is 0 Å². The number of nitrogens with zero attached hydrogens (tertiary/aromatic N) is 2. The highest BCUT2D eigenvalue weighted by Gasteiger charge is 2.42. The molecule has 0 amide bonds. The average Bonchev–Trinajstić information content (AvgIpc) is 3.13. The first-order valence-corrected chi connectivity index (χ1v) is 8.15. The summed E-state index contributed by atoms with van der Waals surface area (Å²) in [5, 5.41) is 8.26. The molecule has 4 unspecified atom stereocenters. The van der Waals surface area contributed by atoms with E-state index in [4.69, 9.17) is 4.52 Å². The Hall–Kier alpha value is -0.550. The fraction of sp³-hybridized carbons (Fsp3) is 0.846. The third-order valence-electron chi connectivity index (χ3n) is 4.69.